The molecule has 11 heavy (non-hydrogen) atoms. The molecule has 1 aromatic carbocycles. The number of hydrogen-bond acceptors (Lipinski definition) is 1. The summed E-state index contributed by atoms with van der Waals surface area (Å²) in [4.78, 5) is 2.15. The van der Waals surface area contributed by atoms with Crippen LogP contribution in [-0.2, 0) is 5.32 Å². The predicted molar refractivity (Wildman–Crippen MR) is 46.5 cm³/mol. The minimum absolute atomic E-state index is 0.0327. The summed E-state index contributed by atoms with van der Waals surface area (Å²) < 4.78 is 0. The summed E-state index contributed by atoms with van der Waals surface area (Å²) in [6, 6.07) is 7.64. The Hall–Kier alpha value is -0.481. The first kappa shape index (κ1) is 8.61. The molecule has 0 saturated heterocycles. The van der Waals surface area contributed by atoms with Crippen molar-refractivity contribution in [1.29, 1.82) is 5.26 Å². The van der Waals surface area contributed by atoms with E-state index in [4.69, 9.17) is 16.9 Å². The third-order valence-corrected chi connectivity index (χ3v) is 2.84. The van der Waals surface area contributed by atoms with E-state index in [1.165, 1.54) is 0 Å². The van der Waals surface area contributed by atoms with Crippen LogP contribution < -0.4 is 0 Å². The van der Waals surface area contributed by atoms with Crippen LogP contribution in [0.3, 0.4) is 0 Å². The monoisotopic (exact) mass is 231 g/mol. The van der Waals surface area contributed by atoms with Crippen LogP contribution in [0.4, 0.5) is 0 Å². The first-order chi connectivity index (χ1) is 5.34. The molecule has 0 N–H and O–H groups in total. The normalized spacial score (nSPS) is 9.09. The predicted octanol–water partition coefficient (Wildman–Crippen LogP) is 2.03. The van der Waals surface area contributed by atoms with E-state index in [2.05, 4.69) is 4.97 Å². The van der Waals surface area contributed by atoms with E-state index in [9.17, 15) is 0 Å². The Labute approximate surface area is 77.1 Å². The van der Waals surface area contributed by atoms with Gasteiger partial charge in [0, 0.05) is 0 Å². The fourth-order valence-corrected chi connectivity index (χ4v) is 2.10. The molecule has 1 aromatic rings. The van der Waals surface area contributed by atoms with E-state index in [0.717, 1.165) is 15.9 Å². The molecule has 0 spiro atoms. The average Bonchev–Trinajstić information content (AvgIpc) is 2.03. The molecule has 0 aromatic heterocycles. The fraction of sp³-hybridized carbons (Fsp3) is 0.125. The van der Waals surface area contributed by atoms with Crippen molar-refractivity contribution in [2.45, 2.75) is 5.32 Å². The van der Waals surface area contributed by atoms with Gasteiger partial charge < -0.3 is 0 Å². The Morgan fingerprint density at radius 1 is 1.45 bits per heavy atom. The molecular formula is C8H6ClNSe. The van der Waals surface area contributed by atoms with Gasteiger partial charge >= 0.3 is 77.0 Å². The summed E-state index contributed by atoms with van der Waals surface area (Å²) in [5.41, 5.74) is 1.08. The van der Waals surface area contributed by atoms with Crippen molar-refractivity contribution in [3.05, 3.63) is 34.9 Å². The van der Waals surface area contributed by atoms with Crippen molar-refractivity contribution in [2.75, 3.05) is 0 Å². The molecule has 0 atom stereocenters. The standard InChI is InChI=1S/C8H6ClNSe/c9-8-4-2-1-3-7(8)5-11-6-10/h1-4H,5H2. The molecule has 0 unspecified atom stereocenters. The summed E-state index contributed by atoms with van der Waals surface area (Å²) in [7, 11) is 0. The quantitative estimate of drug-likeness (QED) is 0.713. The van der Waals surface area contributed by atoms with Gasteiger partial charge in [-0.05, 0) is 0 Å². The van der Waals surface area contributed by atoms with Crippen molar-refractivity contribution in [1.82, 2.24) is 0 Å². The Kier molecular flexibility index (Phi) is 3.45. The molecule has 0 radical (unpaired) electrons. The molecule has 0 fully saturated rings. The van der Waals surface area contributed by atoms with Gasteiger partial charge in [-0.15, -0.1) is 0 Å². The van der Waals surface area contributed by atoms with E-state index in [1.54, 1.807) is 0 Å². The number of benzene rings is 1. The second kappa shape index (κ2) is 4.41. The summed E-state index contributed by atoms with van der Waals surface area (Å²) in [6.07, 6.45) is 0. The third-order valence-electron chi connectivity index (χ3n) is 1.25. The number of nitrogens with zero attached hydrogens (tertiary/aromatic N) is 1. The van der Waals surface area contributed by atoms with Gasteiger partial charge in [0.05, 0.1) is 0 Å². The fourth-order valence-electron chi connectivity index (χ4n) is 0.725. The van der Waals surface area contributed by atoms with E-state index in [-0.39, 0.29) is 15.0 Å². The van der Waals surface area contributed by atoms with Crippen LogP contribution in [0.2, 0.25) is 5.02 Å². The summed E-state index contributed by atoms with van der Waals surface area (Å²) in [5, 5.41) is 9.93. The van der Waals surface area contributed by atoms with Crippen molar-refractivity contribution >= 4 is 26.6 Å². The maximum absolute atomic E-state index is 8.35. The summed E-state index contributed by atoms with van der Waals surface area (Å²) in [6.45, 7) is 0. The van der Waals surface area contributed by atoms with Gasteiger partial charge in [0.2, 0.25) is 0 Å². The van der Waals surface area contributed by atoms with Crippen LogP contribution in [0.15, 0.2) is 24.3 Å². The molecule has 1 rings (SSSR count). The van der Waals surface area contributed by atoms with E-state index in [0.29, 0.717) is 0 Å². The molecule has 3 heteroatoms. The Balaban J connectivity index is 2.71. The number of rotatable bonds is 2. The van der Waals surface area contributed by atoms with Crippen molar-refractivity contribution in [2.24, 2.45) is 0 Å². The van der Waals surface area contributed by atoms with E-state index < -0.39 is 0 Å². The molecule has 0 bridgehead atoms. The minimum atomic E-state index is 0.0327. The summed E-state index contributed by atoms with van der Waals surface area (Å²) >= 11 is 5.89. The number of hydrogen-bond donors (Lipinski definition) is 0. The molecule has 0 saturated carbocycles. The maximum atomic E-state index is 8.35. The Bertz CT molecular complexity index is 280. The van der Waals surface area contributed by atoms with E-state index >= 15 is 0 Å². The van der Waals surface area contributed by atoms with Crippen LogP contribution in [0.5, 0.6) is 0 Å². The van der Waals surface area contributed by atoms with Crippen LogP contribution in [0, 0.1) is 10.2 Å². The third kappa shape index (κ3) is 2.55. The first-order valence-electron chi connectivity index (χ1n) is 3.09. The molecule has 0 amide bonds. The molecule has 0 aliphatic carbocycles. The van der Waals surface area contributed by atoms with Gasteiger partial charge in [0.25, 0.3) is 0 Å². The van der Waals surface area contributed by atoms with Crippen molar-refractivity contribution in [3.63, 3.8) is 0 Å². The summed E-state index contributed by atoms with van der Waals surface area (Å²) in [5.74, 6) is 0. The second-order valence-corrected chi connectivity index (χ2v) is 3.97. The van der Waals surface area contributed by atoms with Gasteiger partial charge in [-0.2, -0.15) is 0 Å². The zero-order chi connectivity index (χ0) is 8.10. The topological polar surface area (TPSA) is 23.8 Å². The van der Waals surface area contributed by atoms with Crippen LogP contribution >= 0.6 is 11.6 Å². The number of nitriles is 1. The van der Waals surface area contributed by atoms with Gasteiger partial charge in [0.1, 0.15) is 0 Å². The Morgan fingerprint density at radius 2 is 2.18 bits per heavy atom. The molecule has 56 valence electrons. The van der Waals surface area contributed by atoms with Gasteiger partial charge in [-0.1, -0.05) is 0 Å². The Morgan fingerprint density at radius 3 is 2.82 bits per heavy atom. The van der Waals surface area contributed by atoms with E-state index in [1.807, 2.05) is 24.3 Å². The van der Waals surface area contributed by atoms with Crippen molar-refractivity contribution < 1.29 is 0 Å². The van der Waals surface area contributed by atoms with Crippen molar-refractivity contribution in [3.8, 4) is 4.97 Å². The van der Waals surface area contributed by atoms with Crippen LogP contribution in [0.1, 0.15) is 5.56 Å². The molecule has 0 heterocycles. The zero-order valence-electron chi connectivity index (χ0n) is 5.75. The number of halogens is 1. The average molecular weight is 231 g/mol. The first-order valence-corrected chi connectivity index (χ1v) is 5.53. The molecule has 1 nitrogen and oxygen atoms in total. The molecule has 0 aliphatic heterocycles. The zero-order valence-corrected chi connectivity index (χ0v) is 8.22. The van der Waals surface area contributed by atoms with Gasteiger partial charge in [-0.25, -0.2) is 0 Å². The molecular weight excluding hydrogens is 225 g/mol. The molecule has 0 aliphatic rings. The van der Waals surface area contributed by atoms with Gasteiger partial charge in [0.15, 0.2) is 0 Å². The van der Waals surface area contributed by atoms with Crippen LogP contribution in [-0.4, -0.2) is 15.0 Å². The van der Waals surface area contributed by atoms with Gasteiger partial charge in [-0.3, -0.25) is 0 Å². The van der Waals surface area contributed by atoms with Crippen LogP contribution in [0.25, 0.3) is 0 Å². The SMILES string of the molecule is N#C[Se]Cc1ccccc1Cl. The second-order valence-electron chi connectivity index (χ2n) is 1.97.